The van der Waals surface area contributed by atoms with Gasteiger partial charge in [-0.1, -0.05) is 26.0 Å². The largest absolute Gasteiger partial charge is 0.494 e. The van der Waals surface area contributed by atoms with Crippen LogP contribution < -0.4 is 5.32 Å². The van der Waals surface area contributed by atoms with Crippen molar-refractivity contribution in [2.45, 2.75) is 19.8 Å². The fraction of sp³-hybridized carbons (Fsp3) is 0.357. The molecule has 0 saturated carbocycles. The van der Waals surface area contributed by atoms with Crippen LogP contribution in [0.4, 0.5) is 5.69 Å². The second-order valence-corrected chi connectivity index (χ2v) is 4.44. The number of carbonyl (C=O) groups excluding carboxylic acids is 1. The standard InChI is InChI=1S/C14H17NO3/c1-10(2)11-4-3-5-12(8-11)15-14(16)13-9-17-6-7-18-13/h3-5,8-10H,6-7H2,1-2H3,(H,15,16). The van der Waals surface area contributed by atoms with Crippen LogP contribution in [0.5, 0.6) is 0 Å². The number of nitrogens with one attached hydrogen (secondary N) is 1. The zero-order valence-corrected chi connectivity index (χ0v) is 10.6. The van der Waals surface area contributed by atoms with Crippen molar-refractivity contribution in [3.63, 3.8) is 0 Å². The van der Waals surface area contributed by atoms with E-state index in [1.54, 1.807) is 0 Å². The van der Waals surface area contributed by atoms with Crippen LogP contribution in [-0.4, -0.2) is 19.1 Å². The predicted octanol–water partition coefficient (Wildman–Crippen LogP) is 2.64. The Morgan fingerprint density at radius 1 is 1.33 bits per heavy atom. The highest BCUT2D eigenvalue weighted by Gasteiger charge is 2.15. The second kappa shape index (κ2) is 5.58. The first-order valence-corrected chi connectivity index (χ1v) is 6.02. The SMILES string of the molecule is CC(C)c1cccc(NC(=O)C2=COCCO2)c1. The molecule has 1 heterocycles. The van der Waals surface area contributed by atoms with Gasteiger partial charge in [0.05, 0.1) is 0 Å². The Kier molecular flexibility index (Phi) is 3.87. The quantitative estimate of drug-likeness (QED) is 0.893. The maximum atomic E-state index is 11.9. The maximum absolute atomic E-state index is 11.9. The Morgan fingerprint density at radius 2 is 2.17 bits per heavy atom. The lowest BCUT2D eigenvalue weighted by atomic mass is 10.0. The molecule has 0 aromatic heterocycles. The van der Waals surface area contributed by atoms with E-state index in [-0.39, 0.29) is 11.7 Å². The molecule has 0 saturated heterocycles. The minimum Gasteiger partial charge on any atom is -0.494 e. The summed E-state index contributed by atoms with van der Waals surface area (Å²) in [6, 6.07) is 7.79. The van der Waals surface area contributed by atoms with Crippen LogP contribution in [0.3, 0.4) is 0 Å². The smallest absolute Gasteiger partial charge is 0.294 e. The Bertz CT molecular complexity index is 466. The topological polar surface area (TPSA) is 47.6 Å². The van der Waals surface area contributed by atoms with E-state index in [4.69, 9.17) is 9.47 Å². The van der Waals surface area contributed by atoms with Gasteiger partial charge in [0.2, 0.25) is 5.76 Å². The summed E-state index contributed by atoms with van der Waals surface area (Å²) in [4.78, 5) is 11.9. The Labute approximate surface area is 107 Å². The van der Waals surface area contributed by atoms with Crippen molar-refractivity contribution in [2.75, 3.05) is 18.5 Å². The highest BCUT2D eigenvalue weighted by molar-refractivity contribution is 6.02. The Balaban J connectivity index is 2.06. The van der Waals surface area contributed by atoms with Gasteiger partial charge in [-0.3, -0.25) is 4.79 Å². The van der Waals surface area contributed by atoms with Crippen LogP contribution in [0.1, 0.15) is 25.3 Å². The van der Waals surface area contributed by atoms with Gasteiger partial charge in [0.1, 0.15) is 19.5 Å². The summed E-state index contributed by atoms with van der Waals surface area (Å²) in [5, 5.41) is 2.79. The highest BCUT2D eigenvalue weighted by Crippen LogP contribution is 2.19. The van der Waals surface area contributed by atoms with Gasteiger partial charge >= 0.3 is 0 Å². The van der Waals surface area contributed by atoms with Gasteiger partial charge in [-0.25, -0.2) is 0 Å². The summed E-state index contributed by atoms with van der Waals surface area (Å²) >= 11 is 0. The van der Waals surface area contributed by atoms with Crippen molar-refractivity contribution < 1.29 is 14.3 Å². The summed E-state index contributed by atoms with van der Waals surface area (Å²) in [6.07, 6.45) is 1.35. The van der Waals surface area contributed by atoms with Gasteiger partial charge in [0.15, 0.2) is 0 Å². The van der Waals surface area contributed by atoms with Gasteiger partial charge in [0.25, 0.3) is 5.91 Å². The molecule has 0 atom stereocenters. The second-order valence-electron chi connectivity index (χ2n) is 4.44. The molecule has 0 fully saturated rings. The third-order valence-electron chi connectivity index (χ3n) is 2.68. The molecule has 2 rings (SSSR count). The first-order chi connectivity index (χ1) is 8.66. The molecule has 1 N–H and O–H groups in total. The molecule has 0 spiro atoms. The molecule has 0 unspecified atom stereocenters. The maximum Gasteiger partial charge on any atom is 0.294 e. The van der Waals surface area contributed by atoms with Crippen LogP contribution >= 0.6 is 0 Å². The van der Waals surface area contributed by atoms with E-state index in [0.717, 1.165) is 5.69 Å². The molecule has 1 aromatic rings. The Hall–Kier alpha value is -1.97. The van der Waals surface area contributed by atoms with E-state index in [0.29, 0.717) is 19.1 Å². The van der Waals surface area contributed by atoms with E-state index in [2.05, 4.69) is 19.2 Å². The van der Waals surface area contributed by atoms with Crippen LogP contribution in [0.25, 0.3) is 0 Å². The molecule has 1 aliphatic heterocycles. The normalized spacial score (nSPS) is 14.5. The van der Waals surface area contributed by atoms with E-state index < -0.39 is 0 Å². The van der Waals surface area contributed by atoms with E-state index >= 15 is 0 Å². The van der Waals surface area contributed by atoms with Crippen molar-refractivity contribution in [3.8, 4) is 0 Å². The van der Waals surface area contributed by atoms with Crippen molar-refractivity contribution in [1.29, 1.82) is 0 Å². The van der Waals surface area contributed by atoms with Crippen molar-refractivity contribution in [3.05, 3.63) is 41.9 Å². The minimum atomic E-state index is -0.282. The van der Waals surface area contributed by atoms with Gasteiger partial charge in [-0.15, -0.1) is 0 Å². The lowest BCUT2D eigenvalue weighted by Crippen LogP contribution is -2.21. The molecule has 18 heavy (non-hydrogen) atoms. The summed E-state index contributed by atoms with van der Waals surface area (Å²) in [5.41, 5.74) is 1.95. The number of hydrogen-bond donors (Lipinski definition) is 1. The fourth-order valence-corrected chi connectivity index (χ4v) is 1.66. The number of hydrogen-bond acceptors (Lipinski definition) is 3. The lowest BCUT2D eigenvalue weighted by molar-refractivity contribution is -0.117. The summed E-state index contributed by atoms with van der Waals surface area (Å²) < 4.78 is 10.3. The summed E-state index contributed by atoms with van der Waals surface area (Å²) in [6.45, 7) is 5.12. The van der Waals surface area contributed by atoms with E-state index in [1.165, 1.54) is 11.8 Å². The van der Waals surface area contributed by atoms with Gasteiger partial charge in [-0.2, -0.15) is 0 Å². The molecule has 4 nitrogen and oxygen atoms in total. The number of carbonyl (C=O) groups is 1. The molecule has 0 radical (unpaired) electrons. The van der Waals surface area contributed by atoms with E-state index in [9.17, 15) is 4.79 Å². The zero-order chi connectivity index (χ0) is 13.0. The van der Waals surface area contributed by atoms with E-state index in [1.807, 2.05) is 24.3 Å². The van der Waals surface area contributed by atoms with Crippen LogP contribution in [0, 0.1) is 0 Å². The summed E-state index contributed by atoms with van der Waals surface area (Å²) in [7, 11) is 0. The fourth-order valence-electron chi connectivity index (χ4n) is 1.66. The molecular weight excluding hydrogens is 230 g/mol. The molecule has 0 aliphatic carbocycles. The van der Waals surface area contributed by atoms with Crippen molar-refractivity contribution in [2.24, 2.45) is 0 Å². The lowest BCUT2D eigenvalue weighted by Gasteiger charge is -2.15. The molecule has 1 amide bonds. The highest BCUT2D eigenvalue weighted by atomic mass is 16.6. The average molecular weight is 247 g/mol. The summed E-state index contributed by atoms with van der Waals surface area (Å²) in [5.74, 6) is 0.363. The molecule has 4 heteroatoms. The van der Waals surface area contributed by atoms with Gasteiger partial charge < -0.3 is 14.8 Å². The molecule has 1 aliphatic rings. The number of benzene rings is 1. The molecule has 1 aromatic carbocycles. The first-order valence-electron chi connectivity index (χ1n) is 6.02. The third-order valence-corrected chi connectivity index (χ3v) is 2.68. The monoisotopic (exact) mass is 247 g/mol. The minimum absolute atomic E-state index is 0.219. The number of ether oxygens (including phenoxy) is 2. The van der Waals surface area contributed by atoms with Crippen molar-refractivity contribution >= 4 is 11.6 Å². The number of amides is 1. The van der Waals surface area contributed by atoms with Crippen LogP contribution in [-0.2, 0) is 14.3 Å². The zero-order valence-electron chi connectivity index (χ0n) is 10.6. The number of anilines is 1. The predicted molar refractivity (Wildman–Crippen MR) is 69.1 cm³/mol. The van der Waals surface area contributed by atoms with Crippen LogP contribution in [0.15, 0.2) is 36.3 Å². The average Bonchev–Trinajstić information content (AvgIpc) is 2.40. The van der Waals surface area contributed by atoms with Crippen LogP contribution in [0.2, 0.25) is 0 Å². The number of rotatable bonds is 3. The first kappa shape index (κ1) is 12.5. The third kappa shape index (κ3) is 3.03. The molecule has 96 valence electrons. The molecular formula is C14H17NO3. The van der Waals surface area contributed by atoms with Gasteiger partial charge in [-0.05, 0) is 23.6 Å². The Morgan fingerprint density at radius 3 is 2.83 bits per heavy atom. The van der Waals surface area contributed by atoms with Crippen molar-refractivity contribution in [1.82, 2.24) is 0 Å². The molecule has 0 bridgehead atoms. The van der Waals surface area contributed by atoms with Gasteiger partial charge in [0, 0.05) is 5.69 Å².